The molecule has 9 heteroatoms. The van der Waals surface area contributed by atoms with Crippen LogP contribution in [0, 0.1) is 20.8 Å². The number of thioether (sulfide) groups is 1. The molecule has 33 heavy (non-hydrogen) atoms. The number of amides is 1. The zero-order chi connectivity index (χ0) is 23.7. The molecule has 0 atom stereocenters. The summed E-state index contributed by atoms with van der Waals surface area (Å²) in [4.78, 5) is 44.3. The number of rotatable bonds is 6. The van der Waals surface area contributed by atoms with Gasteiger partial charge in [-0.15, -0.1) is 11.3 Å². The molecule has 0 saturated heterocycles. The topological polar surface area (TPSA) is 86.0 Å². The molecule has 0 aliphatic carbocycles. The van der Waals surface area contributed by atoms with Crippen molar-refractivity contribution < 1.29 is 4.79 Å². The molecule has 4 aromatic rings. The first-order chi connectivity index (χ1) is 15.8. The molecule has 0 saturated carbocycles. The van der Waals surface area contributed by atoms with Gasteiger partial charge >= 0.3 is 5.69 Å². The molecular formula is C24H24N4O3S2. The van der Waals surface area contributed by atoms with E-state index in [4.69, 9.17) is 0 Å². The van der Waals surface area contributed by atoms with E-state index in [1.165, 1.54) is 27.7 Å². The van der Waals surface area contributed by atoms with Crippen molar-refractivity contribution >= 4 is 45.0 Å². The maximum atomic E-state index is 13.5. The number of thiazole rings is 1. The summed E-state index contributed by atoms with van der Waals surface area (Å²) in [7, 11) is 0. The van der Waals surface area contributed by atoms with Crippen LogP contribution in [0.2, 0.25) is 0 Å². The molecule has 1 amide bonds. The lowest BCUT2D eigenvalue weighted by atomic mass is 10.1. The second-order valence-corrected chi connectivity index (χ2v) is 10.2. The zero-order valence-electron chi connectivity index (χ0n) is 18.8. The maximum Gasteiger partial charge on any atom is 0.337 e. The highest BCUT2D eigenvalue weighted by Gasteiger charge is 2.21. The second kappa shape index (κ2) is 9.36. The molecule has 0 spiro atoms. The molecule has 7 nitrogen and oxygen atoms in total. The largest absolute Gasteiger partial charge is 0.337 e. The average Bonchev–Trinajstić information content (AvgIpc) is 3.20. The summed E-state index contributed by atoms with van der Waals surface area (Å²) < 4.78 is 3.45. The number of hydrogen-bond acceptors (Lipinski definition) is 6. The van der Waals surface area contributed by atoms with E-state index in [0.29, 0.717) is 14.7 Å². The quantitative estimate of drug-likeness (QED) is 0.416. The molecule has 170 valence electrons. The molecule has 0 aliphatic heterocycles. The van der Waals surface area contributed by atoms with Crippen LogP contribution in [0.4, 0.5) is 5.69 Å². The van der Waals surface area contributed by atoms with Gasteiger partial charge in [0.1, 0.15) is 11.2 Å². The Morgan fingerprint density at radius 2 is 1.73 bits per heavy atom. The summed E-state index contributed by atoms with van der Waals surface area (Å²) in [6, 6.07) is 12.9. The summed E-state index contributed by atoms with van der Waals surface area (Å²) in [5, 5.41) is 2.92. The first kappa shape index (κ1) is 23.0. The predicted molar refractivity (Wildman–Crippen MR) is 135 cm³/mol. The Hall–Kier alpha value is -3.17. The third-order valence-electron chi connectivity index (χ3n) is 5.27. The van der Waals surface area contributed by atoms with Gasteiger partial charge < -0.3 is 5.32 Å². The minimum absolute atomic E-state index is 0.242. The van der Waals surface area contributed by atoms with Gasteiger partial charge in [0.25, 0.3) is 5.56 Å². The van der Waals surface area contributed by atoms with Gasteiger partial charge in [-0.2, -0.15) is 0 Å². The average molecular weight is 481 g/mol. The highest BCUT2D eigenvalue weighted by molar-refractivity contribution is 8.01. The molecule has 2 aromatic carbocycles. The van der Waals surface area contributed by atoms with Crippen LogP contribution < -0.4 is 16.6 Å². The number of anilines is 1. The molecule has 0 fully saturated rings. The third kappa shape index (κ3) is 4.51. The van der Waals surface area contributed by atoms with Crippen molar-refractivity contribution in [2.45, 2.75) is 38.6 Å². The van der Waals surface area contributed by atoms with Gasteiger partial charge in [0.2, 0.25) is 5.91 Å². The number of benzene rings is 2. The number of nitrogens with zero attached hydrogens (tertiary/aromatic N) is 3. The maximum absolute atomic E-state index is 13.5. The number of nitrogens with one attached hydrogen (secondary N) is 1. The number of para-hydroxylation sites is 1. The van der Waals surface area contributed by atoms with Gasteiger partial charge in [-0.25, -0.2) is 14.3 Å². The number of aryl methyl sites for hydroxylation is 3. The highest BCUT2D eigenvalue weighted by Crippen LogP contribution is 2.27. The lowest BCUT2D eigenvalue weighted by Gasteiger charge is -2.14. The molecule has 0 bridgehead atoms. The Kier molecular flexibility index (Phi) is 6.53. The monoisotopic (exact) mass is 480 g/mol. The van der Waals surface area contributed by atoms with Crippen molar-refractivity contribution in [1.82, 2.24) is 14.1 Å². The van der Waals surface area contributed by atoms with Gasteiger partial charge in [0.05, 0.1) is 5.69 Å². The molecule has 2 aromatic heterocycles. The van der Waals surface area contributed by atoms with Crippen LogP contribution in [0.1, 0.15) is 23.6 Å². The van der Waals surface area contributed by atoms with Crippen molar-refractivity contribution in [2.24, 2.45) is 0 Å². The van der Waals surface area contributed by atoms with E-state index in [1.807, 2.05) is 58.0 Å². The van der Waals surface area contributed by atoms with Crippen LogP contribution in [0.3, 0.4) is 0 Å². The van der Waals surface area contributed by atoms with E-state index in [1.54, 1.807) is 12.1 Å². The first-order valence-corrected chi connectivity index (χ1v) is 12.3. The van der Waals surface area contributed by atoms with E-state index in [9.17, 15) is 14.4 Å². The molecule has 1 N–H and O–H groups in total. The van der Waals surface area contributed by atoms with Crippen molar-refractivity contribution in [3.05, 3.63) is 80.0 Å². The lowest BCUT2D eigenvalue weighted by Crippen LogP contribution is -2.40. The Balaban J connectivity index is 1.85. The van der Waals surface area contributed by atoms with Crippen LogP contribution in [0.25, 0.3) is 16.0 Å². The first-order valence-electron chi connectivity index (χ1n) is 10.5. The summed E-state index contributed by atoms with van der Waals surface area (Å²) in [6.07, 6.45) is 0. The molecule has 0 unspecified atom stereocenters. The standard InChI is InChI=1S/C24H24N4O3S2/c1-5-32-23-26-21-20(33-23)22(30)28(17-11-9-14(2)10-12-17)24(31)27(21)13-18(29)25-19-15(3)7-6-8-16(19)4/h6-12H,5,13H2,1-4H3,(H,25,29). The van der Waals surface area contributed by atoms with Crippen LogP contribution >= 0.6 is 23.1 Å². The smallest absolute Gasteiger partial charge is 0.324 e. The van der Waals surface area contributed by atoms with Crippen LogP contribution in [-0.2, 0) is 11.3 Å². The molecule has 4 rings (SSSR count). The van der Waals surface area contributed by atoms with E-state index < -0.39 is 11.2 Å². The predicted octanol–water partition coefficient (Wildman–Crippen LogP) is 4.28. The summed E-state index contributed by atoms with van der Waals surface area (Å²) >= 11 is 2.74. The molecule has 0 radical (unpaired) electrons. The van der Waals surface area contributed by atoms with Crippen LogP contribution in [0.15, 0.2) is 56.4 Å². The van der Waals surface area contributed by atoms with E-state index in [0.717, 1.165) is 32.7 Å². The Morgan fingerprint density at radius 3 is 2.36 bits per heavy atom. The van der Waals surface area contributed by atoms with Crippen molar-refractivity contribution in [2.75, 3.05) is 11.1 Å². The Labute approximate surface area is 199 Å². The van der Waals surface area contributed by atoms with Gasteiger partial charge in [0, 0.05) is 5.69 Å². The summed E-state index contributed by atoms with van der Waals surface area (Å²) in [5.41, 5.74) is 3.28. The number of hydrogen-bond donors (Lipinski definition) is 1. The number of carbonyl (C=O) groups is 1. The Morgan fingerprint density at radius 1 is 1.06 bits per heavy atom. The minimum atomic E-state index is -0.591. The fraction of sp³-hybridized carbons (Fsp3) is 0.250. The SMILES string of the molecule is CCSc1nc2c(s1)c(=O)n(-c1ccc(C)cc1)c(=O)n2CC(=O)Nc1c(C)cccc1C. The number of carbonyl (C=O) groups excluding carboxylic acids is 1. The normalized spacial score (nSPS) is 11.2. The summed E-state index contributed by atoms with van der Waals surface area (Å²) in [5.74, 6) is 0.422. The van der Waals surface area contributed by atoms with Gasteiger partial charge in [-0.05, 0) is 49.8 Å². The lowest BCUT2D eigenvalue weighted by molar-refractivity contribution is -0.116. The fourth-order valence-corrected chi connectivity index (χ4v) is 5.57. The van der Waals surface area contributed by atoms with Crippen LogP contribution in [-0.4, -0.2) is 25.8 Å². The second-order valence-electron chi connectivity index (χ2n) is 7.73. The fourth-order valence-electron chi connectivity index (χ4n) is 3.60. The van der Waals surface area contributed by atoms with E-state index in [-0.39, 0.29) is 18.1 Å². The highest BCUT2D eigenvalue weighted by atomic mass is 32.2. The Bertz CT molecular complexity index is 1450. The van der Waals surface area contributed by atoms with Gasteiger partial charge in [-0.1, -0.05) is 54.6 Å². The van der Waals surface area contributed by atoms with Crippen molar-refractivity contribution in [1.29, 1.82) is 0 Å². The van der Waals surface area contributed by atoms with Crippen LogP contribution in [0.5, 0.6) is 0 Å². The molecular weight excluding hydrogens is 456 g/mol. The van der Waals surface area contributed by atoms with Crippen molar-refractivity contribution in [3.8, 4) is 5.69 Å². The van der Waals surface area contributed by atoms with E-state index in [2.05, 4.69) is 10.3 Å². The minimum Gasteiger partial charge on any atom is -0.324 e. The van der Waals surface area contributed by atoms with Gasteiger partial charge in [0.15, 0.2) is 9.99 Å². The zero-order valence-corrected chi connectivity index (χ0v) is 20.5. The molecule has 0 aliphatic rings. The van der Waals surface area contributed by atoms with E-state index >= 15 is 0 Å². The van der Waals surface area contributed by atoms with Gasteiger partial charge in [-0.3, -0.25) is 14.2 Å². The summed E-state index contributed by atoms with van der Waals surface area (Å²) in [6.45, 7) is 7.50. The molecule has 2 heterocycles. The van der Waals surface area contributed by atoms with Crippen molar-refractivity contribution in [3.63, 3.8) is 0 Å². The number of fused-ring (bicyclic) bond motifs is 1. The number of aromatic nitrogens is 3. The third-order valence-corrected chi connectivity index (χ3v) is 7.33.